The smallest absolute Gasteiger partial charge is 0.256 e. The Morgan fingerprint density at radius 3 is 2.17 bits per heavy atom. The summed E-state index contributed by atoms with van der Waals surface area (Å²) >= 11 is 5.21. The van der Waals surface area contributed by atoms with Crippen molar-refractivity contribution in [1.82, 2.24) is 4.98 Å². The van der Waals surface area contributed by atoms with Crippen molar-refractivity contribution in [3.8, 4) is 0 Å². The zero-order valence-corrected chi connectivity index (χ0v) is 13.9. The zero-order chi connectivity index (χ0) is 13.2. The summed E-state index contributed by atoms with van der Waals surface area (Å²) in [6, 6.07) is 0. The fourth-order valence-electron chi connectivity index (χ4n) is 1.74. The molecule has 0 aromatic carbocycles. The van der Waals surface area contributed by atoms with Gasteiger partial charge in [0.05, 0.1) is 5.69 Å². The van der Waals surface area contributed by atoms with Crippen molar-refractivity contribution in [1.29, 1.82) is 0 Å². The Kier molecular flexibility index (Phi) is 8.86. The second kappa shape index (κ2) is 9.90. The van der Waals surface area contributed by atoms with E-state index in [-0.39, 0.29) is 0 Å². The molecule has 0 unspecified atom stereocenters. The first kappa shape index (κ1) is 16.1. The van der Waals surface area contributed by atoms with Crippen molar-refractivity contribution in [2.45, 2.75) is 64.0 Å². The molecule has 4 heteroatoms. The van der Waals surface area contributed by atoms with Gasteiger partial charge in [0.15, 0.2) is 0 Å². The van der Waals surface area contributed by atoms with Crippen molar-refractivity contribution in [2.24, 2.45) is 0 Å². The Balaban J connectivity index is 1.92. The van der Waals surface area contributed by atoms with Crippen LogP contribution >= 0.6 is 27.7 Å². The number of aryl methyl sites for hydroxylation is 2. The summed E-state index contributed by atoms with van der Waals surface area (Å²) in [6.07, 6.45) is 9.43. The Morgan fingerprint density at radius 2 is 1.61 bits per heavy atom. The van der Waals surface area contributed by atoms with Crippen LogP contribution < -0.4 is 0 Å². The molecule has 104 valence electrons. The van der Waals surface area contributed by atoms with Crippen LogP contribution in [0.4, 0.5) is 0 Å². The van der Waals surface area contributed by atoms with Gasteiger partial charge in [-0.2, -0.15) is 0 Å². The average Bonchev–Trinajstić information content (AvgIpc) is 2.67. The number of rotatable bonds is 10. The summed E-state index contributed by atoms with van der Waals surface area (Å²) < 4.78 is 5.53. The number of hydrogen-bond acceptors (Lipinski definition) is 3. The molecule has 2 nitrogen and oxygen atoms in total. The van der Waals surface area contributed by atoms with Gasteiger partial charge in [-0.1, -0.05) is 59.8 Å². The molecular formula is C14H24BrNOS. The van der Waals surface area contributed by atoms with Gasteiger partial charge in [-0.25, -0.2) is 4.98 Å². The van der Waals surface area contributed by atoms with E-state index in [0.29, 0.717) is 0 Å². The van der Waals surface area contributed by atoms with E-state index in [1.54, 1.807) is 11.8 Å². The first-order valence-corrected chi connectivity index (χ1v) is 8.97. The minimum Gasteiger partial charge on any atom is -0.437 e. The maximum atomic E-state index is 5.53. The lowest BCUT2D eigenvalue weighted by Gasteiger charge is -2.00. The van der Waals surface area contributed by atoms with Gasteiger partial charge in [-0.3, -0.25) is 0 Å². The number of oxazole rings is 1. The summed E-state index contributed by atoms with van der Waals surface area (Å²) in [5, 5.41) is 1.99. The lowest BCUT2D eigenvalue weighted by atomic mass is 10.1. The van der Waals surface area contributed by atoms with Gasteiger partial charge in [0.25, 0.3) is 5.22 Å². The lowest BCUT2D eigenvalue weighted by molar-refractivity contribution is 0.431. The molecule has 0 aliphatic carbocycles. The first-order valence-electron chi connectivity index (χ1n) is 6.87. The van der Waals surface area contributed by atoms with E-state index < -0.39 is 0 Å². The van der Waals surface area contributed by atoms with Crippen molar-refractivity contribution in [3.63, 3.8) is 0 Å². The second-order valence-electron chi connectivity index (χ2n) is 4.63. The standard InChI is InChI=1S/C14H24BrNOS/c1-12-13(2)17-14(16-12)18-11-9-7-5-3-4-6-8-10-15/h3-11H2,1-2H3. The van der Waals surface area contributed by atoms with Crippen LogP contribution in [0.3, 0.4) is 0 Å². The van der Waals surface area contributed by atoms with E-state index in [4.69, 9.17) is 4.42 Å². The molecule has 0 spiro atoms. The number of aromatic nitrogens is 1. The van der Waals surface area contributed by atoms with Crippen LogP contribution in [0.5, 0.6) is 0 Å². The second-order valence-corrected chi connectivity index (χ2v) is 6.47. The number of unbranched alkanes of at least 4 members (excludes halogenated alkanes) is 6. The Hall–Kier alpha value is 0.0400. The van der Waals surface area contributed by atoms with Crippen LogP contribution in [0, 0.1) is 13.8 Å². The molecule has 0 atom stereocenters. The van der Waals surface area contributed by atoms with Crippen LogP contribution in [0.2, 0.25) is 0 Å². The third-order valence-electron chi connectivity index (χ3n) is 3.01. The number of halogens is 1. The van der Waals surface area contributed by atoms with Gasteiger partial charge >= 0.3 is 0 Å². The highest BCUT2D eigenvalue weighted by Crippen LogP contribution is 2.21. The number of alkyl halides is 1. The fourth-order valence-corrected chi connectivity index (χ4v) is 3.05. The highest BCUT2D eigenvalue weighted by Gasteiger charge is 2.05. The number of thioether (sulfide) groups is 1. The van der Waals surface area contributed by atoms with Crippen LogP contribution in [0.1, 0.15) is 56.4 Å². The molecule has 0 N–H and O–H groups in total. The summed E-state index contributed by atoms with van der Waals surface area (Å²) in [6.45, 7) is 3.97. The molecule has 18 heavy (non-hydrogen) atoms. The molecule has 0 fully saturated rings. The van der Waals surface area contributed by atoms with Gasteiger partial charge in [-0.15, -0.1) is 0 Å². The maximum Gasteiger partial charge on any atom is 0.256 e. The zero-order valence-electron chi connectivity index (χ0n) is 11.5. The van der Waals surface area contributed by atoms with E-state index in [1.807, 2.05) is 13.8 Å². The van der Waals surface area contributed by atoms with Gasteiger partial charge in [0.1, 0.15) is 5.76 Å². The van der Waals surface area contributed by atoms with Crippen LogP contribution in [0.15, 0.2) is 9.64 Å². The Morgan fingerprint density at radius 1 is 1.00 bits per heavy atom. The molecule has 0 amide bonds. The maximum absolute atomic E-state index is 5.53. The summed E-state index contributed by atoms with van der Waals surface area (Å²) in [5.41, 5.74) is 1.02. The van der Waals surface area contributed by atoms with Crippen molar-refractivity contribution in [2.75, 3.05) is 11.1 Å². The van der Waals surface area contributed by atoms with Crippen LogP contribution in [0.25, 0.3) is 0 Å². The molecule has 0 radical (unpaired) electrons. The molecule has 1 heterocycles. The van der Waals surface area contributed by atoms with E-state index in [1.165, 1.54) is 44.9 Å². The minimum atomic E-state index is 0.835. The third-order valence-corrected chi connectivity index (χ3v) is 4.49. The van der Waals surface area contributed by atoms with E-state index in [0.717, 1.165) is 27.8 Å². The molecule has 0 bridgehead atoms. The highest BCUT2D eigenvalue weighted by atomic mass is 79.9. The molecule has 0 saturated heterocycles. The fraction of sp³-hybridized carbons (Fsp3) is 0.786. The van der Waals surface area contributed by atoms with Crippen molar-refractivity contribution < 1.29 is 4.42 Å². The first-order chi connectivity index (χ1) is 8.74. The molecule has 1 rings (SSSR count). The monoisotopic (exact) mass is 333 g/mol. The molecule has 1 aromatic rings. The van der Waals surface area contributed by atoms with Crippen LogP contribution in [-0.2, 0) is 0 Å². The Bertz CT molecular complexity index is 308. The molecule has 0 aliphatic heterocycles. The lowest BCUT2D eigenvalue weighted by Crippen LogP contribution is -1.84. The normalized spacial score (nSPS) is 11.1. The predicted molar refractivity (Wildman–Crippen MR) is 82.8 cm³/mol. The molecule has 0 aliphatic rings. The molecule has 0 saturated carbocycles. The molecule has 1 aromatic heterocycles. The van der Waals surface area contributed by atoms with Crippen LogP contribution in [-0.4, -0.2) is 16.1 Å². The van der Waals surface area contributed by atoms with Gasteiger partial charge in [-0.05, 0) is 26.7 Å². The summed E-state index contributed by atoms with van der Waals surface area (Å²) in [5.74, 6) is 2.07. The van der Waals surface area contributed by atoms with E-state index in [9.17, 15) is 0 Å². The minimum absolute atomic E-state index is 0.835. The molecular weight excluding hydrogens is 310 g/mol. The van der Waals surface area contributed by atoms with E-state index >= 15 is 0 Å². The number of nitrogens with zero attached hydrogens (tertiary/aromatic N) is 1. The quantitative estimate of drug-likeness (QED) is 0.321. The highest BCUT2D eigenvalue weighted by molar-refractivity contribution is 9.09. The third kappa shape index (κ3) is 6.83. The largest absolute Gasteiger partial charge is 0.437 e. The van der Waals surface area contributed by atoms with E-state index in [2.05, 4.69) is 20.9 Å². The summed E-state index contributed by atoms with van der Waals surface area (Å²) in [7, 11) is 0. The van der Waals surface area contributed by atoms with Crippen molar-refractivity contribution in [3.05, 3.63) is 11.5 Å². The van der Waals surface area contributed by atoms with Gasteiger partial charge in [0, 0.05) is 11.1 Å². The summed E-state index contributed by atoms with van der Waals surface area (Å²) in [4.78, 5) is 4.37. The van der Waals surface area contributed by atoms with Gasteiger partial charge in [0.2, 0.25) is 0 Å². The topological polar surface area (TPSA) is 26.0 Å². The van der Waals surface area contributed by atoms with Crippen molar-refractivity contribution >= 4 is 27.7 Å². The van der Waals surface area contributed by atoms with Gasteiger partial charge < -0.3 is 4.42 Å². The average molecular weight is 334 g/mol. The SMILES string of the molecule is Cc1nc(SCCCCCCCCCBr)oc1C. The Labute approximate surface area is 123 Å². The number of hydrogen-bond donors (Lipinski definition) is 0. The predicted octanol–water partition coefficient (Wildman–Crippen LogP) is 5.51.